The van der Waals surface area contributed by atoms with Gasteiger partial charge in [0.05, 0.1) is 17.6 Å². The van der Waals surface area contributed by atoms with Crippen molar-refractivity contribution < 1.29 is 9.90 Å². The maximum atomic E-state index is 11.5. The minimum Gasteiger partial charge on any atom is -0.379 e. The SMILES string of the molecule is Cn1cc(-c2cnc3[nH]cc(-c4cc(C(C)(O)C5=CCC(=O)C=C5)nc(N)n4)c3c2)cn1. The zero-order valence-corrected chi connectivity index (χ0v) is 17.6. The van der Waals surface area contributed by atoms with Crippen LogP contribution in [0.25, 0.3) is 33.4 Å². The Labute approximate surface area is 183 Å². The molecule has 32 heavy (non-hydrogen) atoms. The largest absolute Gasteiger partial charge is 0.379 e. The van der Waals surface area contributed by atoms with Crippen molar-refractivity contribution in [2.75, 3.05) is 5.73 Å². The van der Waals surface area contributed by atoms with E-state index in [4.69, 9.17) is 5.73 Å². The van der Waals surface area contributed by atoms with Crippen LogP contribution in [0.2, 0.25) is 0 Å². The number of rotatable bonds is 4. The summed E-state index contributed by atoms with van der Waals surface area (Å²) in [6.45, 7) is 1.63. The first-order chi connectivity index (χ1) is 15.3. The third-order valence-electron chi connectivity index (χ3n) is 5.62. The minimum atomic E-state index is -1.44. The van der Waals surface area contributed by atoms with Gasteiger partial charge in [-0.2, -0.15) is 5.10 Å². The Morgan fingerprint density at radius 1 is 1.19 bits per heavy atom. The number of nitrogens with two attached hydrogens (primary N) is 1. The number of hydrogen-bond donors (Lipinski definition) is 3. The van der Waals surface area contributed by atoms with Gasteiger partial charge in [-0.25, -0.2) is 15.0 Å². The number of hydrogen-bond acceptors (Lipinski definition) is 7. The van der Waals surface area contributed by atoms with Gasteiger partial charge in [-0.3, -0.25) is 9.48 Å². The number of aryl methyl sites for hydroxylation is 1. The number of aromatic nitrogens is 6. The Bertz CT molecular complexity index is 1430. The molecule has 0 radical (unpaired) electrons. The van der Waals surface area contributed by atoms with Gasteiger partial charge < -0.3 is 15.8 Å². The van der Waals surface area contributed by atoms with Crippen molar-refractivity contribution in [1.82, 2.24) is 29.7 Å². The van der Waals surface area contributed by atoms with Crippen LogP contribution >= 0.6 is 0 Å². The van der Waals surface area contributed by atoms with E-state index in [9.17, 15) is 9.90 Å². The molecule has 1 atom stereocenters. The fraction of sp³-hybridized carbons (Fsp3) is 0.174. The number of nitrogens with one attached hydrogen (secondary N) is 1. The van der Waals surface area contributed by atoms with Crippen molar-refractivity contribution in [2.45, 2.75) is 18.9 Å². The van der Waals surface area contributed by atoms with Crippen LogP contribution in [-0.2, 0) is 17.4 Å². The smallest absolute Gasteiger partial charge is 0.220 e. The molecule has 1 aliphatic rings. The third-order valence-corrected chi connectivity index (χ3v) is 5.62. The highest BCUT2D eigenvalue weighted by molar-refractivity contribution is 5.95. The predicted octanol–water partition coefficient (Wildman–Crippen LogP) is 2.67. The number of fused-ring (bicyclic) bond motifs is 1. The lowest BCUT2D eigenvalue weighted by Crippen LogP contribution is -2.26. The Kier molecular flexibility index (Phi) is 4.49. The molecule has 0 aromatic carbocycles. The van der Waals surface area contributed by atoms with Crippen molar-refractivity contribution in [2.24, 2.45) is 7.05 Å². The normalized spacial score (nSPS) is 15.7. The van der Waals surface area contributed by atoms with Gasteiger partial charge in [0, 0.05) is 54.1 Å². The lowest BCUT2D eigenvalue weighted by Gasteiger charge is -2.26. The molecule has 0 saturated heterocycles. The minimum absolute atomic E-state index is 0.0110. The van der Waals surface area contributed by atoms with Gasteiger partial charge in [0.15, 0.2) is 5.78 Å². The highest BCUT2D eigenvalue weighted by Crippen LogP contribution is 2.35. The second-order valence-corrected chi connectivity index (χ2v) is 7.96. The third kappa shape index (κ3) is 3.38. The molecule has 0 amide bonds. The molecule has 0 bridgehead atoms. The Hall–Kier alpha value is -4.11. The summed E-state index contributed by atoms with van der Waals surface area (Å²) in [5.41, 5.74) is 9.42. The summed E-state index contributed by atoms with van der Waals surface area (Å²) >= 11 is 0. The van der Waals surface area contributed by atoms with E-state index >= 15 is 0 Å². The molecular formula is C23H21N7O2. The second-order valence-electron chi connectivity index (χ2n) is 7.96. The maximum absolute atomic E-state index is 11.5. The summed E-state index contributed by atoms with van der Waals surface area (Å²) in [6, 6.07) is 3.72. The van der Waals surface area contributed by atoms with E-state index in [0.717, 1.165) is 22.1 Å². The molecule has 4 heterocycles. The maximum Gasteiger partial charge on any atom is 0.220 e. The van der Waals surface area contributed by atoms with Crippen LogP contribution in [-0.4, -0.2) is 40.6 Å². The monoisotopic (exact) mass is 427 g/mol. The average molecular weight is 427 g/mol. The molecule has 0 spiro atoms. The van der Waals surface area contributed by atoms with E-state index in [1.807, 2.05) is 25.5 Å². The van der Waals surface area contributed by atoms with Crippen molar-refractivity contribution in [3.8, 4) is 22.4 Å². The lowest BCUT2D eigenvalue weighted by molar-refractivity contribution is -0.113. The summed E-state index contributed by atoms with van der Waals surface area (Å²) in [6.07, 6.45) is 12.3. The standard InChI is InChI=1S/C23H21N7O2/c1-23(32,15-3-5-16(31)6-4-15)20-8-19(28-22(24)29-20)18-11-26-21-17(18)7-13(9-25-21)14-10-27-30(2)12-14/h3-5,7-12,32H,6H2,1-2H3,(H,25,26)(H2,24,28,29). The van der Waals surface area contributed by atoms with E-state index < -0.39 is 5.60 Å². The molecule has 160 valence electrons. The summed E-state index contributed by atoms with van der Waals surface area (Å²) in [7, 11) is 1.86. The van der Waals surface area contributed by atoms with Gasteiger partial charge >= 0.3 is 0 Å². The van der Waals surface area contributed by atoms with Crippen molar-refractivity contribution in [3.63, 3.8) is 0 Å². The summed E-state index contributed by atoms with van der Waals surface area (Å²) in [4.78, 5) is 27.9. The quantitative estimate of drug-likeness (QED) is 0.455. The van der Waals surface area contributed by atoms with Gasteiger partial charge in [-0.15, -0.1) is 0 Å². The molecule has 1 unspecified atom stereocenters. The molecule has 0 saturated carbocycles. The summed E-state index contributed by atoms with van der Waals surface area (Å²) in [5.74, 6) is 0.0307. The molecule has 1 aliphatic carbocycles. The predicted molar refractivity (Wildman–Crippen MR) is 120 cm³/mol. The lowest BCUT2D eigenvalue weighted by atomic mass is 9.87. The van der Waals surface area contributed by atoms with E-state index in [1.54, 1.807) is 42.2 Å². The number of H-pyrrole nitrogens is 1. The topological polar surface area (TPSA) is 136 Å². The number of nitrogen functional groups attached to an aromatic ring is 1. The van der Waals surface area contributed by atoms with Crippen LogP contribution in [0.1, 0.15) is 19.0 Å². The number of ketones is 1. The summed E-state index contributed by atoms with van der Waals surface area (Å²) < 4.78 is 1.74. The van der Waals surface area contributed by atoms with E-state index in [0.29, 0.717) is 22.6 Å². The first kappa shape index (κ1) is 19.8. The zero-order chi connectivity index (χ0) is 22.5. The van der Waals surface area contributed by atoms with Crippen LogP contribution in [0.3, 0.4) is 0 Å². The zero-order valence-electron chi connectivity index (χ0n) is 17.6. The summed E-state index contributed by atoms with van der Waals surface area (Å²) in [5, 5.41) is 16.3. The van der Waals surface area contributed by atoms with Crippen molar-refractivity contribution >= 4 is 22.8 Å². The van der Waals surface area contributed by atoms with Crippen LogP contribution < -0.4 is 5.73 Å². The highest BCUT2D eigenvalue weighted by Gasteiger charge is 2.31. The van der Waals surface area contributed by atoms with Crippen LogP contribution in [0.5, 0.6) is 0 Å². The van der Waals surface area contributed by atoms with Gasteiger partial charge in [-0.1, -0.05) is 12.2 Å². The molecule has 4 N–H and O–H groups in total. The molecular weight excluding hydrogens is 406 g/mol. The molecule has 4 aromatic heterocycles. The van der Waals surface area contributed by atoms with E-state index in [-0.39, 0.29) is 18.2 Å². The number of allylic oxidation sites excluding steroid dienone is 2. The first-order valence-electron chi connectivity index (χ1n) is 10.1. The molecule has 0 fully saturated rings. The van der Waals surface area contributed by atoms with Crippen molar-refractivity contribution in [1.29, 1.82) is 0 Å². The van der Waals surface area contributed by atoms with Crippen LogP contribution in [0.4, 0.5) is 5.95 Å². The molecule has 5 rings (SSSR count). The number of aliphatic hydroxyl groups is 1. The second kappa shape index (κ2) is 7.24. The van der Waals surface area contributed by atoms with E-state index in [2.05, 4.69) is 25.0 Å². The van der Waals surface area contributed by atoms with Crippen LogP contribution in [0, 0.1) is 0 Å². The molecule has 9 nitrogen and oxygen atoms in total. The molecule has 9 heteroatoms. The highest BCUT2D eigenvalue weighted by atomic mass is 16.3. The van der Waals surface area contributed by atoms with Crippen molar-refractivity contribution in [3.05, 3.63) is 66.4 Å². The molecule has 0 aliphatic heterocycles. The Balaban J connectivity index is 1.60. The van der Waals surface area contributed by atoms with Gasteiger partial charge in [-0.05, 0) is 30.7 Å². The average Bonchev–Trinajstić information content (AvgIpc) is 3.39. The first-order valence-corrected chi connectivity index (χ1v) is 10.1. The van der Waals surface area contributed by atoms with Gasteiger partial charge in [0.1, 0.15) is 11.2 Å². The van der Waals surface area contributed by atoms with E-state index in [1.165, 1.54) is 6.08 Å². The number of carbonyl (C=O) groups is 1. The Morgan fingerprint density at radius 2 is 2.03 bits per heavy atom. The van der Waals surface area contributed by atoms with Gasteiger partial charge in [0.2, 0.25) is 5.95 Å². The number of pyridine rings is 1. The Morgan fingerprint density at radius 3 is 2.75 bits per heavy atom. The number of carbonyl (C=O) groups excluding carboxylic acids is 1. The van der Waals surface area contributed by atoms with Crippen LogP contribution in [0.15, 0.2) is 60.7 Å². The van der Waals surface area contributed by atoms with Gasteiger partial charge in [0.25, 0.3) is 0 Å². The number of nitrogens with zero attached hydrogens (tertiary/aromatic N) is 5. The number of aromatic amines is 1. The molecule has 4 aromatic rings. The fourth-order valence-electron chi connectivity index (χ4n) is 3.83. The fourth-order valence-corrected chi connectivity index (χ4v) is 3.83. The number of anilines is 1.